The van der Waals surface area contributed by atoms with Crippen LogP contribution in [0.25, 0.3) is 11.3 Å². The summed E-state index contributed by atoms with van der Waals surface area (Å²) in [5.74, 6) is 1.55. The summed E-state index contributed by atoms with van der Waals surface area (Å²) in [6.07, 6.45) is 7.98. The smallest absolute Gasteiger partial charge is 0.152 e. The third-order valence-corrected chi connectivity index (χ3v) is 6.24. The highest BCUT2D eigenvalue weighted by Crippen LogP contribution is 2.39. The molecule has 150 valence electrons. The number of rotatable bonds is 4. The van der Waals surface area contributed by atoms with Crippen LogP contribution >= 0.6 is 0 Å². The Morgan fingerprint density at radius 2 is 1.89 bits per heavy atom. The molecule has 0 amide bonds. The highest BCUT2D eigenvalue weighted by molar-refractivity contribution is 5.73. The maximum atomic E-state index is 10.8. The van der Waals surface area contributed by atoms with E-state index < -0.39 is 5.60 Å². The zero-order valence-electron chi connectivity index (χ0n) is 16.7. The van der Waals surface area contributed by atoms with Crippen LogP contribution in [0.5, 0.6) is 11.5 Å². The average Bonchev–Trinajstić information content (AvgIpc) is 2.70. The van der Waals surface area contributed by atoms with Crippen molar-refractivity contribution >= 4 is 5.82 Å². The van der Waals surface area contributed by atoms with Gasteiger partial charge in [0.05, 0.1) is 18.8 Å². The van der Waals surface area contributed by atoms with Crippen LogP contribution in [0.1, 0.15) is 56.6 Å². The Morgan fingerprint density at radius 3 is 2.61 bits per heavy atom. The second kappa shape index (κ2) is 7.59. The Kier molecular flexibility index (Phi) is 5.15. The first-order valence-corrected chi connectivity index (χ1v) is 10.2. The maximum absolute atomic E-state index is 10.8. The minimum absolute atomic E-state index is 0.0122. The van der Waals surface area contributed by atoms with Crippen molar-refractivity contribution in [1.82, 2.24) is 10.2 Å². The molecule has 0 aliphatic heterocycles. The molecule has 0 radical (unpaired) electrons. The Morgan fingerprint density at radius 1 is 1.11 bits per heavy atom. The molecular weight excluding hydrogens is 354 g/mol. The number of ether oxygens (including phenoxy) is 1. The third-order valence-electron chi connectivity index (χ3n) is 6.24. The molecule has 2 aliphatic rings. The lowest BCUT2D eigenvalue weighted by Gasteiger charge is -2.38. The fourth-order valence-electron chi connectivity index (χ4n) is 4.53. The van der Waals surface area contributed by atoms with Crippen LogP contribution in [0.2, 0.25) is 0 Å². The van der Waals surface area contributed by atoms with Gasteiger partial charge in [0.2, 0.25) is 0 Å². The van der Waals surface area contributed by atoms with E-state index in [0.29, 0.717) is 11.3 Å². The maximum Gasteiger partial charge on any atom is 0.152 e. The SMILES string of the molecule is COc1ccc(-c2nnc(N[C@@H]3CCCC[C@@]3(C)O)c3c2CCCC3)c(O)c1. The van der Waals surface area contributed by atoms with Crippen molar-refractivity contribution in [1.29, 1.82) is 0 Å². The molecule has 3 N–H and O–H groups in total. The summed E-state index contributed by atoms with van der Waals surface area (Å²) in [5.41, 5.74) is 3.03. The van der Waals surface area contributed by atoms with Gasteiger partial charge < -0.3 is 20.3 Å². The number of hydrogen-bond donors (Lipinski definition) is 3. The Balaban J connectivity index is 1.72. The summed E-state index contributed by atoms with van der Waals surface area (Å²) in [4.78, 5) is 0. The van der Waals surface area contributed by atoms with Gasteiger partial charge in [-0.3, -0.25) is 0 Å². The highest BCUT2D eigenvalue weighted by atomic mass is 16.5. The van der Waals surface area contributed by atoms with E-state index in [4.69, 9.17) is 4.74 Å². The van der Waals surface area contributed by atoms with Gasteiger partial charge >= 0.3 is 0 Å². The summed E-state index contributed by atoms with van der Waals surface area (Å²) in [7, 11) is 1.58. The quantitative estimate of drug-likeness (QED) is 0.743. The van der Waals surface area contributed by atoms with Gasteiger partial charge in [-0.05, 0) is 63.1 Å². The lowest BCUT2D eigenvalue weighted by molar-refractivity contribution is 0.0104. The third kappa shape index (κ3) is 3.53. The number of anilines is 1. The van der Waals surface area contributed by atoms with Crippen molar-refractivity contribution in [2.24, 2.45) is 0 Å². The molecule has 1 aromatic carbocycles. The Labute approximate surface area is 166 Å². The van der Waals surface area contributed by atoms with Crippen LogP contribution in [-0.2, 0) is 12.8 Å². The number of methoxy groups -OCH3 is 1. The van der Waals surface area contributed by atoms with Crippen LogP contribution in [0.3, 0.4) is 0 Å². The number of phenolic OH excluding ortho intramolecular Hbond substituents is 1. The Bertz CT molecular complexity index is 866. The number of aromatic hydroxyl groups is 1. The van der Waals surface area contributed by atoms with Gasteiger partial charge in [0.1, 0.15) is 17.2 Å². The summed E-state index contributed by atoms with van der Waals surface area (Å²) in [5, 5.41) is 33.7. The van der Waals surface area contributed by atoms with E-state index in [1.54, 1.807) is 13.2 Å². The van der Waals surface area contributed by atoms with Crippen molar-refractivity contribution in [2.75, 3.05) is 12.4 Å². The molecular formula is C22H29N3O3. The van der Waals surface area contributed by atoms with Gasteiger partial charge in [-0.25, -0.2) is 0 Å². The van der Waals surface area contributed by atoms with Gasteiger partial charge in [-0.15, -0.1) is 10.2 Å². The van der Waals surface area contributed by atoms with E-state index in [0.717, 1.165) is 68.4 Å². The van der Waals surface area contributed by atoms with Crippen molar-refractivity contribution < 1.29 is 14.9 Å². The van der Waals surface area contributed by atoms with E-state index in [1.807, 2.05) is 19.1 Å². The fourth-order valence-corrected chi connectivity index (χ4v) is 4.53. The second-order valence-electron chi connectivity index (χ2n) is 8.24. The average molecular weight is 383 g/mol. The second-order valence-corrected chi connectivity index (χ2v) is 8.24. The standard InChI is InChI=1S/C22H29N3O3/c1-22(27)12-6-5-9-19(22)23-21-16-8-4-3-7-15(16)20(24-25-21)17-11-10-14(28-2)13-18(17)26/h10-11,13,19,26-27H,3-9,12H2,1-2H3,(H,23,25)/t19-,22-/m1/s1. The predicted molar refractivity (Wildman–Crippen MR) is 109 cm³/mol. The summed E-state index contributed by atoms with van der Waals surface area (Å²) in [6, 6.07) is 5.27. The van der Waals surface area contributed by atoms with Crippen molar-refractivity contribution in [3.8, 4) is 22.8 Å². The van der Waals surface area contributed by atoms with E-state index in [-0.39, 0.29) is 11.8 Å². The number of aromatic nitrogens is 2. The van der Waals surface area contributed by atoms with Gasteiger partial charge in [0, 0.05) is 17.2 Å². The molecule has 1 fully saturated rings. The topological polar surface area (TPSA) is 87.5 Å². The van der Waals surface area contributed by atoms with Crippen LogP contribution in [0, 0.1) is 0 Å². The molecule has 0 saturated heterocycles. The minimum Gasteiger partial charge on any atom is -0.507 e. The van der Waals surface area contributed by atoms with Gasteiger partial charge in [-0.1, -0.05) is 12.8 Å². The molecule has 4 rings (SSSR count). The molecule has 0 bridgehead atoms. The fraction of sp³-hybridized carbons (Fsp3) is 0.545. The largest absolute Gasteiger partial charge is 0.507 e. The number of fused-ring (bicyclic) bond motifs is 1. The monoisotopic (exact) mass is 383 g/mol. The molecule has 0 unspecified atom stereocenters. The first-order chi connectivity index (χ1) is 13.5. The predicted octanol–water partition coefficient (Wildman–Crippen LogP) is 3.84. The number of aliphatic hydroxyl groups is 1. The number of phenols is 1. The first-order valence-electron chi connectivity index (χ1n) is 10.2. The van der Waals surface area contributed by atoms with E-state index in [9.17, 15) is 10.2 Å². The molecule has 6 heteroatoms. The zero-order chi connectivity index (χ0) is 19.7. The lowest BCUT2D eigenvalue weighted by atomic mass is 9.81. The normalized spacial score (nSPS) is 24.5. The van der Waals surface area contributed by atoms with Crippen LogP contribution in [-0.4, -0.2) is 39.2 Å². The number of benzene rings is 1. The lowest BCUT2D eigenvalue weighted by Crippen LogP contribution is -2.47. The molecule has 1 heterocycles. The highest BCUT2D eigenvalue weighted by Gasteiger charge is 2.35. The van der Waals surface area contributed by atoms with E-state index >= 15 is 0 Å². The van der Waals surface area contributed by atoms with Crippen LogP contribution in [0.15, 0.2) is 18.2 Å². The van der Waals surface area contributed by atoms with Gasteiger partial charge in [0.15, 0.2) is 5.82 Å². The zero-order valence-corrected chi connectivity index (χ0v) is 16.7. The van der Waals surface area contributed by atoms with E-state index in [1.165, 1.54) is 5.56 Å². The van der Waals surface area contributed by atoms with Crippen molar-refractivity contribution in [2.45, 2.75) is 69.9 Å². The molecule has 2 aromatic rings. The van der Waals surface area contributed by atoms with Gasteiger partial charge in [-0.2, -0.15) is 0 Å². The van der Waals surface area contributed by atoms with Crippen LogP contribution < -0.4 is 10.1 Å². The molecule has 2 aliphatic carbocycles. The molecule has 1 aromatic heterocycles. The number of nitrogens with zero attached hydrogens (tertiary/aromatic N) is 2. The first kappa shape index (κ1) is 19.0. The number of nitrogens with one attached hydrogen (secondary N) is 1. The summed E-state index contributed by atoms with van der Waals surface area (Å²) < 4.78 is 5.19. The minimum atomic E-state index is -0.728. The molecule has 0 spiro atoms. The van der Waals surface area contributed by atoms with Gasteiger partial charge in [0.25, 0.3) is 0 Å². The van der Waals surface area contributed by atoms with Crippen LogP contribution in [0.4, 0.5) is 5.82 Å². The molecule has 6 nitrogen and oxygen atoms in total. The number of hydrogen-bond acceptors (Lipinski definition) is 6. The Hall–Kier alpha value is -2.34. The summed E-state index contributed by atoms with van der Waals surface area (Å²) >= 11 is 0. The molecule has 2 atom stereocenters. The van der Waals surface area contributed by atoms with E-state index in [2.05, 4.69) is 15.5 Å². The van der Waals surface area contributed by atoms with Crippen molar-refractivity contribution in [3.05, 3.63) is 29.3 Å². The molecule has 1 saturated carbocycles. The van der Waals surface area contributed by atoms with Crippen molar-refractivity contribution in [3.63, 3.8) is 0 Å². The summed E-state index contributed by atoms with van der Waals surface area (Å²) in [6.45, 7) is 1.91. The molecule has 28 heavy (non-hydrogen) atoms.